The van der Waals surface area contributed by atoms with Crippen LogP contribution in [0.15, 0.2) is 24.3 Å². The topological polar surface area (TPSA) is 114 Å². The summed E-state index contributed by atoms with van der Waals surface area (Å²) in [5.41, 5.74) is 0.801. The zero-order valence-corrected chi connectivity index (χ0v) is 12.5. The summed E-state index contributed by atoms with van der Waals surface area (Å²) in [6.45, 7) is 1.28. The molecule has 0 spiro atoms. The number of carbonyl (C=O) groups is 2. The van der Waals surface area contributed by atoms with Gasteiger partial charge in [-0.05, 0) is 18.2 Å². The summed E-state index contributed by atoms with van der Waals surface area (Å²) in [5.74, 6) is -0.552. The largest absolute Gasteiger partial charge is 0.453 e. The molecule has 0 unspecified atom stereocenters. The van der Waals surface area contributed by atoms with E-state index in [0.717, 1.165) is 0 Å². The number of nitrogens with one attached hydrogen (secondary N) is 3. The third kappa shape index (κ3) is 6.61. The molecule has 0 aliphatic heterocycles. The lowest BCUT2D eigenvalue weighted by molar-refractivity contribution is -0.114. The predicted molar refractivity (Wildman–Crippen MR) is 78.6 cm³/mol. The number of ether oxygens (including phenoxy) is 1. The second-order valence-corrected chi connectivity index (χ2v) is 5.94. The Kier molecular flexibility index (Phi) is 5.97. The first-order chi connectivity index (χ1) is 9.82. The van der Waals surface area contributed by atoms with Crippen molar-refractivity contribution in [2.24, 2.45) is 0 Å². The van der Waals surface area contributed by atoms with E-state index in [1.54, 1.807) is 18.2 Å². The molecule has 0 saturated carbocycles. The van der Waals surface area contributed by atoms with Crippen molar-refractivity contribution < 1.29 is 22.7 Å². The lowest BCUT2D eigenvalue weighted by Gasteiger charge is -2.10. The maximum atomic E-state index is 11.8. The summed E-state index contributed by atoms with van der Waals surface area (Å²) in [6, 6.07) is 6.29. The Morgan fingerprint density at radius 1 is 1.24 bits per heavy atom. The molecule has 2 amide bonds. The van der Waals surface area contributed by atoms with E-state index in [9.17, 15) is 18.0 Å². The summed E-state index contributed by atoms with van der Waals surface area (Å²) >= 11 is 0. The third-order valence-corrected chi connectivity index (χ3v) is 3.57. The molecule has 0 aliphatic carbocycles. The number of hydrogen-bond acceptors (Lipinski definition) is 5. The number of hydrogen-bond donors (Lipinski definition) is 3. The molecule has 0 heterocycles. The normalized spacial score (nSPS) is 10.6. The Morgan fingerprint density at radius 2 is 1.90 bits per heavy atom. The van der Waals surface area contributed by atoms with Gasteiger partial charge in [0.1, 0.15) is 0 Å². The van der Waals surface area contributed by atoms with Crippen LogP contribution in [0.4, 0.5) is 16.2 Å². The van der Waals surface area contributed by atoms with E-state index in [1.165, 1.54) is 20.1 Å². The molecule has 9 heteroatoms. The van der Waals surface area contributed by atoms with Crippen LogP contribution in [0.1, 0.15) is 6.92 Å². The van der Waals surface area contributed by atoms with Crippen molar-refractivity contribution in [3.8, 4) is 0 Å². The van der Waals surface area contributed by atoms with Gasteiger partial charge in [-0.3, -0.25) is 9.52 Å². The number of methoxy groups -OCH3 is 1. The number of alkyl carbamates (subject to hydrolysis) is 1. The molecule has 8 nitrogen and oxygen atoms in total. The van der Waals surface area contributed by atoms with E-state index >= 15 is 0 Å². The highest BCUT2D eigenvalue weighted by Crippen LogP contribution is 2.16. The maximum absolute atomic E-state index is 11.8. The van der Waals surface area contributed by atoms with E-state index in [2.05, 4.69) is 20.1 Å². The van der Waals surface area contributed by atoms with Gasteiger partial charge in [-0.15, -0.1) is 0 Å². The number of sulfonamides is 1. The van der Waals surface area contributed by atoms with Crippen molar-refractivity contribution in [2.45, 2.75) is 6.92 Å². The molecule has 0 aliphatic rings. The second kappa shape index (κ2) is 7.48. The van der Waals surface area contributed by atoms with Crippen LogP contribution in [0.2, 0.25) is 0 Å². The van der Waals surface area contributed by atoms with Crippen LogP contribution in [0, 0.1) is 0 Å². The number of anilines is 2. The first kappa shape index (κ1) is 16.8. The highest BCUT2D eigenvalue weighted by molar-refractivity contribution is 7.92. The summed E-state index contributed by atoms with van der Waals surface area (Å²) in [7, 11) is -2.43. The van der Waals surface area contributed by atoms with Gasteiger partial charge in [-0.2, -0.15) is 0 Å². The zero-order chi connectivity index (χ0) is 15.9. The van der Waals surface area contributed by atoms with Crippen LogP contribution in [0.3, 0.4) is 0 Å². The molecule has 0 atom stereocenters. The van der Waals surface area contributed by atoms with Crippen LogP contribution in [-0.2, 0) is 19.6 Å². The Morgan fingerprint density at radius 3 is 2.52 bits per heavy atom. The van der Waals surface area contributed by atoms with Crippen molar-refractivity contribution in [3.05, 3.63) is 24.3 Å². The number of benzene rings is 1. The summed E-state index contributed by atoms with van der Waals surface area (Å²) in [5, 5.41) is 4.82. The first-order valence-electron chi connectivity index (χ1n) is 6.02. The van der Waals surface area contributed by atoms with Crippen molar-refractivity contribution in [1.82, 2.24) is 5.32 Å². The van der Waals surface area contributed by atoms with Crippen molar-refractivity contribution in [1.29, 1.82) is 0 Å². The Hall–Kier alpha value is -2.29. The standard InChI is InChI=1S/C12H17N3O5S/c1-9(16)14-10-4-3-5-11(8-10)15-21(18,19)7-6-13-12(17)20-2/h3-5,8,15H,6-7H2,1-2H3,(H,13,17)(H,14,16). The third-order valence-electron chi connectivity index (χ3n) is 2.28. The zero-order valence-electron chi connectivity index (χ0n) is 11.7. The smallest absolute Gasteiger partial charge is 0.406 e. The monoisotopic (exact) mass is 315 g/mol. The molecule has 0 saturated heterocycles. The minimum Gasteiger partial charge on any atom is -0.453 e. The fourth-order valence-electron chi connectivity index (χ4n) is 1.45. The minimum absolute atomic E-state index is 0.0760. The second-order valence-electron chi connectivity index (χ2n) is 4.10. The molecule has 0 bridgehead atoms. The van der Waals surface area contributed by atoms with Crippen LogP contribution in [-0.4, -0.2) is 39.8 Å². The van der Waals surface area contributed by atoms with E-state index in [-0.39, 0.29) is 18.2 Å². The van der Waals surface area contributed by atoms with Crippen LogP contribution >= 0.6 is 0 Å². The van der Waals surface area contributed by atoms with Crippen LogP contribution in [0.5, 0.6) is 0 Å². The number of amides is 2. The number of carbonyl (C=O) groups excluding carboxylic acids is 2. The van der Waals surface area contributed by atoms with Gasteiger partial charge in [0.2, 0.25) is 15.9 Å². The predicted octanol–water partition coefficient (Wildman–Crippen LogP) is 0.743. The van der Waals surface area contributed by atoms with E-state index in [0.29, 0.717) is 11.4 Å². The van der Waals surface area contributed by atoms with Gasteiger partial charge in [0, 0.05) is 19.2 Å². The molecule has 1 aromatic rings. The van der Waals surface area contributed by atoms with Gasteiger partial charge in [0.25, 0.3) is 0 Å². The quantitative estimate of drug-likeness (QED) is 0.716. The average molecular weight is 315 g/mol. The molecule has 0 aromatic heterocycles. The maximum Gasteiger partial charge on any atom is 0.406 e. The SMILES string of the molecule is COC(=O)NCCS(=O)(=O)Nc1cccc(NC(C)=O)c1. The molecule has 0 fully saturated rings. The molecule has 1 aromatic carbocycles. The van der Waals surface area contributed by atoms with E-state index in [1.807, 2.05) is 0 Å². The summed E-state index contributed by atoms with van der Waals surface area (Å²) < 4.78 is 30.3. The molecule has 0 radical (unpaired) electrons. The summed E-state index contributed by atoms with van der Waals surface area (Å²) in [6.07, 6.45) is -0.696. The van der Waals surface area contributed by atoms with Crippen molar-refractivity contribution >= 4 is 33.4 Å². The molecule has 21 heavy (non-hydrogen) atoms. The summed E-state index contributed by atoms with van der Waals surface area (Å²) in [4.78, 5) is 21.8. The van der Waals surface area contributed by atoms with Gasteiger partial charge in [-0.1, -0.05) is 6.07 Å². The minimum atomic E-state index is -3.62. The van der Waals surface area contributed by atoms with Gasteiger partial charge in [0.15, 0.2) is 0 Å². The Bertz CT molecular complexity index is 615. The van der Waals surface area contributed by atoms with Gasteiger partial charge >= 0.3 is 6.09 Å². The van der Waals surface area contributed by atoms with Gasteiger partial charge in [0.05, 0.1) is 18.6 Å². The van der Waals surface area contributed by atoms with Gasteiger partial charge < -0.3 is 15.4 Å². The van der Waals surface area contributed by atoms with E-state index in [4.69, 9.17) is 0 Å². The molecular formula is C12H17N3O5S. The molecule has 1 rings (SSSR count). The first-order valence-corrected chi connectivity index (χ1v) is 7.67. The highest BCUT2D eigenvalue weighted by atomic mass is 32.2. The lowest BCUT2D eigenvalue weighted by Crippen LogP contribution is -2.31. The van der Waals surface area contributed by atoms with Crippen LogP contribution < -0.4 is 15.4 Å². The fraction of sp³-hybridized carbons (Fsp3) is 0.333. The van der Waals surface area contributed by atoms with Crippen LogP contribution in [0.25, 0.3) is 0 Å². The molecule has 116 valence electrons. The lowest BCUT2D eigenvalue weighted by atomic mass is 10.3. The highest BCUT2D eigenvalue weighted by Gasteiger charge is 2.11. The Labute approximate surface area is 122 Å². The molecule has 3 N–H and O–H groups in total. The number of rotatable bonds is 6. The van der Waals surface area contributed by atoms with Crippen molar-refractivity contribution in [2.75, 3.05) is 29.4 Å². The molecular weight excluding hydrogens is 298 g/mol. The average Bonchev–Trinajstić information content (AvgIpc) is 2.37. The van der Waals surface area contributed by atoms with Gasteiger partial charge in [-0.25, -0.2) is 13.2 Å². The van der Waals surface area contributed by atoms with Crippen molar-refractivity contribution in [3.63, 3.8) is 0 Å². The van der Waals surface area contributed by atoms with E-state index < -0.39 is 16.1 Å². The Balaban J connectivity index is 2.62. The fourth-order valence-corrected chi connectivity index (χ4v) is 2.41.